The van der Waals surface area contributed by atoms with E-state index in [1.807, 2.05) is 25.1 Å². The fourth-order valence-electron chi connectivity index (χ4n) is 2.14. The lowest BCUT2D eigenvalue weighted by atomic mass is 10.3. The predicted molar refractivity (Wildman–Crippen MR) is 98.1 cm³/mol. The summed E-state index contributed by atoms with van der Waals surface area (Å²) >= 11 is 12.4. The first-order valence-corrected chi connectivity index (χ1v) is 8.07. The Kier molecular flexibility index (Phi) is 5.13. The second-order valence-corrected chi connectivity index (χ2v) is 5.96. The molecular formula is C17H15Cl2N5. The van der Waals surface area contributed by atoms with E-state index in [2.05, 4.69) is 25.6 Å². The SMILES string of the molecule is Cc1cc(NCc2ccncc2)nc(Nc2c(Cl)cccc2Cl)n1. The first-order valence-electron chi connectivity index (χ1n) is 7.31. The van der Waals surface area contributed by atoms with Gasteiger partial charge in [0.1, 0.15) is 5.82 Å². The maximum atomic E-state index is 6.18. The number of nitrogens with zero attached hydrogens (tertiary/aromatic N) is 3. The van der Waals surface area contributed by atoms with Gasteiger partial charge in [-0.05, 0) is 36.8 Å². The van der Waals surface area contributed by atoms with Crippen molar-refractivity contribution in [2.75, 3.05) is 10.6 Å². The topological polar surface area (TPSA) is 62.7 Å². The maximum absolute atomic E-state index is 6.18. The number of benzene rings is 1. The van der Waals surface area contributed by atoms with Gasteiger partial charge in [-0.2, -0.15) is 4.98 Å². The lowest BCUT2D eigenvalue weighted by Gasteiger charge is -2.12. The number of pyridine rings is 1. The van der Waals surface area contributed by atoms with E-state index in [9.17, 15) is 0 Å². The van der Waals surface area contributed by atoms with Crippen LogP contribution in [0.5, 0.6) is 0 Å². The highest BCUT2D eigenvalue weighted by Crippen LogP contribution is 2.31. The van der Waals surface area contributed by atoms with Gasteiger partial charge in [0.05, 0.1) is 15.7 Å². The number of aryl methyl sites for hydroxylation is 1. The van der Waals surface area contributed by atoms with E-state index in [0.717, 1.165) is 11.3 Å². The van der Waals surface area contributed by atoms with Gasteiger partial charge in [-0.25, -0.2) is 4.98 Å². The zero-order valence-electron chi connectivity index (χ0n) is 12.9. The van der Waals surface area contributed by atoms with Crippen LogP contribution in [-0.4, -0.2) is 15.0 Å². The largest absolute Gasteiger partial charge is 0.366 e. The molecule has 24 heavy (non-hydrogen) atoms. The van der Waals surface area contributed by atoms with Crippen molar-refractivity contribution in [2.45, 2.75) is 13.5 Å². The zero-order chi connectivity index (χ0) is 16.9. The van der Waals surface area contributed by atoms with E-state index in [1.54, 1.807) is 30.6 Å². The number of halogens is 2. The molecule has 0 radical (unpaired) electrons. The first-order chi connectivity index (χ1) is 11.6. The van der Waals surface area contributed by atoms with Crippen molar-refractivity contribution in [1.82, 2.24) is 15.0 Å². The molecule has 0 aliphatic rings. The normalized spacial score (nSPS) is 10.5. The molecule has 0 aliphatic carbocycles. The number of nitrogens with one attached hydrogen (secondary N) is 2. The van der Waals surface area contributed by atoms with E-state index in [4.69, 9.17) is 23.2 Å². The van der Waals surface area contributed by atoms with Crippen molar-refractivity contribution in [1.29, 1.82) is 0 Å². The number of para-hydroxylation sites is 1. The third-order valence-corrected chi connectivity index (χ3v) is 3.91. The van der Waals surface area contributed by atoms with Gasteiger partial charge >= 0.3 is 0 Å². The van der Waals surface area contributed by atoms with Crippen LogP contribution in [0.25, 0.3) is 0 Å². The van der Waals surface area contributed by atoms with Crippen LogP contribution in [0.1, 0.15) is 11.3 Å². The van der Waals surface area contributed by atoms with Gasteiger partial charge in [-0.15, -0.1) is 0 Å². The molecule has 3 rings (SSSR count). The molecule has 0 atom stereocenters. The molecule has 1 aromatic carbocycles. The molecule has 5 nitrogen and oxygen atoms in total. The minimum Gasteiger partial charge on any atom is -0.366 e. The minimum absolute atomic E-state index is 0.433. The molecule has 0 saturated heterocycles. The molecule has 0 spiro atoms. The van der Waals surface area contributed by atoms with Gasteiger partial charge in [0.15, 0.2) is 0 Å². The highest BCUT2D eigenvalue weighted by Gasteiger charge is 2.09. The van der Waals surface area contributed by atoms with Gasteiger partial charge in [0.25, 0.3) is 0 Å². The summed E-state index contributed by atoms with van der Waals surface area (Å²) in [5, 5.41) is 7.38. The second-order valence-electron chi connectivity index (χ2n) is 5.15. The molecule has 0 aliphatic heterocycles. The smallest absolute Gasteiger partial charge is 0.229 e. The maximum Gasteiger partial charge on any atom is 0.229 e. The van der Waals surface area contributed by atoms with Gasteiger partial charge in [0, 0.05) is 30.7 Å². The van der Waals surface area contributed by atoms with Crippen molar-refractivity contribution < 1.29 is 0 Å². The summed E-state index contributed by atoms with van der Waals surface area (Å²) in [7, 11) is 0. The Hall–Kier alpha value is -2.37. The van der Waals surface area contributed by atoms with Crippen molar-refractivity contribution in [3.05, 3.63) is 70.1 Å². The summed E-state index contributed by atoms with van der Waals surface area (Å²) < 4.78 is 0. The Labute approximate surface area is 150 Å². The monoisotopic (exact) mass is 359 g/mol. The number of hydrogen-bond acceptors (Lipinski definition) is 5. The minimum atomic E-state index is 0.433. The highest BCUT2D eigenvalue weighted by molar-refractivity contribution is 6.39. The van der Waals surface area contributed by atoms with Gasteiger partial charge in [0.2, 0.25) is 5.95 Å². The van der Waals surface area contributed by atoms with Gasteiger partial charge < -0.3 is 10.6 Å². The molecule has 0 fully saturated rings. The quantitative estimate of drug-likeness (QED) is 0.682. The highest BCUT2D eigenvalue weighted by atomic mass is 35.5. The molecular weight excluding hydrogens is 345 g/mol. The van der Waals surface area contributed by atoms with Crippen LogP contribution in [-0.2, 0) is 6.54 Å². The Morgan fingerprint density at radius 2 is 1.71 bits per heavy atom. The van der Waals surface area contributed by atoms with E-state index >= 15 is 0 Å². The third kappa shape index (κ3) is 4.13. The fourth-order valence-corrected chi connectivity index (χ4v) is 2.63. The van der Waals surface area contributed by atoms with Crippen LogP contribution in [0.2, 0.25) is 10.0 Å². The van der Waals surface area contributed by atoms with E-state index in [0.29, 0.717) is 34.0 Å². The van der Waals surface area contributed by atoms with Crippen LogP contribution in [0, 0.1) is 6.92 Å². The molecule has 2 aromatic heterocycles. The molecule has 122 valence electrons. The van der Waals surface area contributed by atoms with Gasteiger partial charge in [-0.1, -0.05) is 29.3 Å². The Bertz CT molecular complexity index is 819. The van der Waals surface area contributed by atoms with E-state index < -0.39 is 0 Å². The number of hydrogen-bond donors (Lipinski definition) is 2. The Morgan fingerprint density at radius 3 is 2.42 bits per heavy atom. The summed E-state index contributed by atoms with van der Waals surface area (Å²) in [6.07, 6.45) is 3.52. The summed E-state index contributed by atoms with van der Waals surface area (Å²) in [5.74, 6) is 1.15. The van der Waals surface area contributed by atoms with Crippen molar-refractivity contribution in [3.63, 3.8) is 0 Å². The van der Waals surface area contributed by atoms with Crippen molar-refractivity contribution >= 4 is 40.7 Å². The number of anilines is 3. The fraction of sp³-hybridized carbons (Fsp3) is 0.118. The average molecular weight is 360 g/mol. The molecule has 3 aromatic rings. The third-order valence-electron chi connectivity index (χ3n) is 3.28. The molecule has 2 N–H and O–H groups in total. The van der Waals surface area contributed by atoms with Crippen LogP contribution >= 0.6 is 23.2 Å². The molecule has 7 heteroatoms. The summed E-state index contributed by atoms with van der Waals surface area (Å²) in [6, 6.07) is 11.1. The lowest BCUT2D eigenvalue weighted by Crippen LogP contribution is -2.06. The van der Waals surface area contributed by atoms with Crippen LogP contribution in [0.15, 0.2) is 48.8 Å². The molecule has 0 unspecified atom stereocenters. The van der Waals surface area contributed by atoms with E-state index in [1.165, 1.54) is 0 Å². The summed E-state index contributed by atoms with van der Waals surface area (Å²) in [6.45, 7) is 2.55. The second kappa shape index (κ2) is 7.47. The first kappa shape index (κ1) is 16.5. The number of aromatic nitrogens is 3. The molecule has 0 bridgehead atoms. The van der Waals surface area contributed by atoms with Gasteiger partial charge in [-0.3, -0.25) is 4.98 Å². The number of rotatable bonds is 5. The zero-order valence-corrected chi connectivity index (χ0v) is 14.4. The average Bonchev–Trinajstić information content (AvgIpc) is 2.57. The van der Waals surface area contributed by atoms with Crippen LogP contribution < -0.4 is 10.6 Å². The van der Waals surface area contributed by atoms with E-state index in [-0.39, 0.29) is 0 Å². The standard InChI is InChI=1S/C17H15Cl2N5/c1-11-9-15(21-10-12-5-7-20-8-6-12)23-17(22-11)24-16-13(18)3-2-4-14(16)19/h2-9H,10H2,1H3,(H2,21,22,23,24). The van der Waals surface area contributed by atoms with Crippen LogP contribution in [0.3, 0.4) is 0 Å². The van der Waals surface area contributed by atoms with Crippen molar-refractivity contribution in [3.8, 4) is 0 Å². The summed E-state index contributed by atoms with van der Waals surface area (Å²) in [5.41, 5.74) is 2.53. The van der Waals surface area contributed by atoms with Crippen molar-refractivity contribution in [2.24, 2.45) is 0 Å². The summed E-state index contributed by atoms with van der Waals surface area (Å²) in [4.78, 5) is 12.8. The lowest BCUT2D eigenvalue weighted by molar-refractivity contribution is 1.05. The Balaban J connectivity index is 1.79. The molecule has 0 amide bonds. The van der Waals surface area contributed by atoms with Crippen LogP contribution in [0.4, 0.5) is 17.5 Å². The molecule has 2 heterocycles. The predicted octanol–water partition coefficient (Wildman–Crippen LogP) is 4.84. The molecule has 0 saturated carbocycles. The Morgan fingerprint density at radius 1 is 1.00 bits per heavy atom.